The lowest BCUT2D eigenvalue weighted by Crippen LogP contribution is -2.44. The van der Waals surface area contributed by atoms with Crippen LogP contribution in [0.3, 0.4) is 0 Å². The first kappa shape index (κ1) is 17.6. The van der Waals surface area contributed by atoms with E-state index in [-0.39, 0.29) is 5.91 Å². The summed E-state index contributed by atoms with van der Waals surface area (Å²) in [4.78, 5) is 15.0. The van der Waals surface area contributed by atoms with Gasteiger partial charge in [0.05, 0.1) is 18.2 Å². The van der Waals surface area contributed by atoms with Gasteiger partial charge in [0.2, 0.25) is 0 Å². The molecule has 2 atom stereocenters. The molecule has 5 heteroatoms. The van der Waals surface area contributed by atoms with Gasteiger partial charge in [-0.1, -0.05) is 19.3 Å². The molecule has 1 heterocycles. The largest absolute Gasteiger partial charge is 0.492 e. The molecule has 0 unspecified atom stereocenters. The molecule has 1 saturated heterocycles. The second-order valence-electron chi connectivity index (χ2n) is 6.77. The number of amides is 1. The second kappa shape index (κ2) is 7.77. The summed E-state index contributed by atoms with van der Waals surface area (Å²) < 4.78 is 11.8. The first-order valence-electron chi connectivity index (χ1n) is 8.93. The van der Waals surface area contributed by atoms with Crippen LogP contribution in [0.5, 0.6) is 11.5 Å². The molecule has 132 valence electrons. The molecular formula is C19H26BrNO3. The molecule has 1 aromatic carbocycles. The Labute approximate surface area is 152 Å². The number of nitrogens with zero attached hydrogens (tertiary/aromatic N) is 1. The Hall–Kier alpha value is -1.23. The third-order valence-electron chi connectivity index (χ3n) is 5.34. The van der Waals surface area contributed by atoms with Gasteiger partial charge >= 0.3 is 0 Å². The molecule has 24 heavy (non-hydrogen) atoms. The molecule has 1 aliphatic carbocycles. The normalized spacial score (nSPS) is 23.5. The van der Waals surface area contributed by atoms with Crippen molar-refractivity contribution in [3.63, 3.8) is 0 Å². The number of hydrogen-bond donors (Lipinski definition) is 0. The van der Waals surface area contributed by atoms with Crippen molar-refractivity contribution in [1.29, 1.82) is 0 Å². The molecule has 0 bridgehead atoms. The predicted octanol–water partition coefficient (Wildman–Crippen LogP) is 4.51. The zero-order valence-corrected chi connectivity index (χ0v) is 16.1. The van der Waals surface area contributed by atoms with E-state index < -0.39 is 0 Å². The molecule has 0 aromatic heterocycles. The standard InChI is InChI=1S/C19H26BrNO3/c1-3-24-17-11-15(10-16(20)18(17)23-2)19(22)21-9-8-13-6-4-5-7-14(13)12-21/h10-11,13-14H,3-9,12H2,1-2H3/t13-,14-/m0/s1. The van der Waals surface area contributed by atoms with Crippen molar-refractivity contribution in [1.82, 2.24) is 4.90 Å². The highest BCUT2D eigenvalue weighted by molar-refractivity contribution is 9.10. The summed E-state index contributed by atoms with van der Waals surface area (Å²) in [6, 6.07) is 3.65. The number of benzene rings is 1. The van der Waals surface area contributed by atoms with Gasteiger partial charge in [-0.25, -0.2) is 0 Å². The van der Waals surface area contributed by atoms with Gasteiger partial charge in [0, 0.05) is 18.7 Å². The SMILES string of the molecule is CCOc1cc(C(=O)N2CC[C@@H]3CCCC[C@H]3C2)cc(Br)c1OC. The Bertz CT molecular complexity index is 605. The molecule has 0 radical (unpaired) electrons. The maximum absolute atomic E-state index is 13.0. The Morgan fingerprint density at radius 3 is 2.71 bits per heavy atom. The van der Waals surface area contributed by atoms with Crippen LogP contribution in [0.2, 0.25) is 0 Å². The van der Waals surface area contributed by atoms with Crippen LogP contribution in [0.4, 0.5) is 0 Å². The van der Waals surface area contributed by atoms with Gasteiger partial charge in [-0.3, -0.25) is 4.79 Å². The Morgan fingerprint density at radius 2 is 2.00 bits per heavy atom. The fourth-order valence-corrected chi connectivity index (χ4v) is 4.72. The lowest BCUT2D eigenvalue weighted by atomic mass is 9.75. The lowest BCUT2D eigenvalue weighted by molar-refractivity contribution is 0.0520. The highest BCUT2D eigenvalue weighted by Gasteiger charge is 2.33. The zero-order chi connectivity index (χ0) is 17.1. The van der Waals surface area contributed by atoms with E-state index in [1.54, 1.807) is 7.11 Å². The monoisotopic (exact) mass is 395 g/mol. The number of fused-ring (bicyclic) bond motifs is 1. The van der Waals surface area contributed by atoms with Gasteiger partial charge < -0.3 is 14.4 Å². The number of hydrogen-bond acceptors (Lipinski definition) is 3. The number of rotatable bonds is 4. The molecule has 0 spiro atoms. The van der Waals surface area contributed by atoms with Crippen LogP contribution < -0.4 is 9.47 Å². The highest BCUT2D eigenvalue weighted by Crippen LogP contribution is 2.39. The lowest BCUT2D eigenvalue weighted by Gasteiger charge is -2.41. The third-order valence-corrected chi connectivity index (χ3v) is 5.93. The molecule has 1 saturated carbocycles. The summed E-state index contributed by atoms with van der Waals surface area (Å²) in [5.74, 6) is 2.86. The number of carbonyl (C=O) groups is 1. The topological polar surface area (TPSA) is 38.8 Å². The Balaban J connectivity index is 1.79. The van der Waals surface area contributed by atoms with Crippen molar-refractivity contribution in [2.24, 2.45) is 11.8 Å². The summed E-state index contributed by atoms with van der Waals surface area (Å²) in [6.45, 7) is 4.23. The first-order valence-corrected chi connectivity index (χ1v) is 9.73. The molecule has 3 rings (SSSR count). The third kappa shape index (κ3) is 3.56. The molecular weight excluding hydrogens is 370 g/mol. The Kier molecular flexibility index (Phi) is 5.69. The van der Waals surface area contributed by atoms with Gasteiger partial charge in [0.25, 0.3) is 5.91 Å². The van der Waals surface area contributed by atoms with Gasteiger partial charge in [-0.05, 0) is 59.7 Å². The van der Waals surface area contributed by atoms with E-state index in [2.05, 4.69) is 15.9 Å². The van der Waals surface area contributed by atoms with E-state index in [0.29, 0.717) is 29.6 Å². The summed E-state index contributed by atoms with van der Waals surface area (Å²) in [5.41, 5.74) is 0.667. The van der Waals surface area contributed by atoms with Gasteiger partial charge in [-0.15, -0.1) is 0 Å². The summed E-state index contributed by atoms with van der Waals surface area (Å²) in [5, 5.41) is 0. The number of likely N-dealkylation sites (tertiary alicyclic amines) is 1. The van der Waals surface area contributed by atoms with Crippen LogP contribution in [0.25, 0.3) is 0 Å². The van der Waals surface area contributed by atoms with E-state index in [1.165, 1.54) is 25.7 Å². The van der Waals surface area contributed by atoms with Crippen molar-refractivity contribution in [3.05, 3.63) is 22.2 Å². The van der Waals surface area contributed by atoms with Crippen LogP contribution in [-0.4, -0.2) is 37.6 Å². The molecule has 1 aromatic rings. The molecule has 4 nitrogen and oxygen atoms in total. The average molecular weight is 396 g/mol. The highest BCUT2D eigenvalue weighted by atomic mass is 79.9. The van der Waals surface area contributed by atoms with Crippen LogP contribution in [0.15, 0.2) is 16.6 Å². The maximum Gasteiger partial charge on any atom is 0.254 e. The quantitative estimate of drug-likeness (QED) is 0.752. The Morgan fingerprint density at radius 1 is 1.25 bits per heavy atom. The van der Waals surface area contributed by atoms with Crippen LogP contribution in [0, 0.1) is 11.8 Å². The maximum atomic E-state index is 13.0. The molecule has 1 amide bonds. The van der Waals surface area contributed by atoms with Crippen LogP contribution in [-0.2, 0) is 0 Å². The summed E-state index contributed by atoms with van der Waals surface area (Å²) >= 11 is 3.50. The molecule has 2 fully saturated rings. The minimum absolute atomic E-state index is 0.100. The number of methoxy groups -OCH3 is 1. The minimum atomic E-state index is 0.100. The number of halogens is 1. The fourth-order valence-electron chi connectivity index (χ4n) is 4.12. The summed E-state index contributed by atoms with van der Waals surface area (Å²) in [6.07, 6.45) is 6.43. The van der Waals surface area contributed by atoms with Crippen molar-refractivity contribution >= 4 is 21.8 Å². The van der Waals surface area contributed by atoms with Crippen molar-refractivity contribution < 1.29 is 14.3 Å². The summed E-state index contributed by atoms with van der Waals surface area (Å²) in [7, 11) is 1.61. The molecule has 2 aliphatic rings. The van der Waals surface area contributed by atoms with E-state index in [4.69, 9.17) is 9.47 Å². The van der Waals surface area contributed by atoms with Crippen molar-refractivity contribution in [2.75, 3.05) is 26.8 Å². The second-order valence-corrected chi connectivity index (χ2v) is 7.62. The number of piperidine rings is 1. The van der Waals surface area contributed by atoms with E-state index in [0.717, 1.165) is 29.9 Å². The smallest absolute Gasteiger partial charge is 0.254 e. The fraction of sp³-hybridized carbons (Fsp3) is 0.632. The number of carbonyl (C=O) groups excluding carboxylic acids is 1. The average Bonchev–Trinajstić information content (AvgIpc) is 2.60. The zero-order valence-electron chi connectivity index (χ0n) is 14.5. The number of ether oxygens (including phenoxy) is 2. The van der Waals surface area contributed by atoms with E-state index in [1.807, 2.05) is 24.0 Å². The van der Waals surface area contributed by atoms with Crippen LogP contribution >= 0.6 is 15.9 Å². The van der Waals surface area contributed by atoms with Crippen molar-refractivity contribution in [2.45, 2.75) is 39.0 Å². The van der Waals surface area contributed by atoms with E-state index in [9.17, 15) is 4.79 Å². The van der Waals surface area contributed by atoms with Gasteiger partial charge in [-0.2, -0.15) is 0 Å². The van der Waals surface area contributed by atoms with Crippen molar-refractivity contribution in [3.8, 4) is 11.5 Å². The molecule has 0 N–H and O–H groups in total. The first-order chi connectivity index (χ1) is 11.6. The minimum Gasteiger partial charge on any atom is -0.492 e. The van der Waals surface area contributed by atoms with Gasteiger partial charge in [0.1, 0.15) is 0 Å². The van der Waals surface area contributed by atoms with E-state index >= 15 is 0 Å². The molecule has 1 aliphatic heterocycles. The van der Waals surface area contributed by atoms with Crippen LogP contribution in [0.1, 0.15) is 49.4 Å². The van der Waals surface area contributed by atoms with Gasteiger partial charge in [0.15, 0.2) is 11.5 Å². The predicted molar refractivity (Wildman–Crippen MR) is 97.8 cm³/mol.